The van der Waals surface area contributed by atoms with Crippen LogP contribution in [-0.4, -0.2) is 31.2 Å². The molecule has 4 nitrogen and oxygen atoms in total. The van der Waals surface area contributed by atoms with Crippen molar-refractivity contribution in [2.24, 2.45) is 35.3 Å². The van der Waals surface area contributed by atoms with E-state index >= 15 is 0 Å². The number of carbonyl (C=O) groups excluding carboxylic acids is 1. The molecule has 0 aromatic rings. The van der Waals surface area contributed by atoms with E-state index in [0.717, 1.165) is 26.0 Å². The number of carbonyl (C=O) groups is 1. The number of hydrogen-bond donors (Lipinski definition) is 2. The molecule has 120 valence electrons. The maximum absolute atomic E-state index is 12.5. The highest BCUT2D eigenvalue weighted by atomic mass is 16.5. The first-order valence-electron chi connectivity index (χ1n) is 8.72. The van der Waals surface area contributed by atoms with Crippen molar-refractivity contribution < 1.29 is 9.53 Å². The van der Waals surface area contributed by atoms with Crippen LogP contribution in [0.2, 0.25) is 0 Å². The monoisotopic (exact) mass is 294 g/mol. The van der Waals surface area contributed by atoms with Crippen LogP contribution in [0, 0.1) is 29.6 Å². The molecule has 21 heavy (non-hydrogen) atoms. The number of amides is 1. The highest BCUT2D eigenvalue weighted by Crippen LogP contribution is 2.47. The Morgan fingerprint density at radius 1 is 1.29 bits per heavy atom. The van der Waals surface area contributed by atoms with Gasteiger partial charge in [0.25, 0.3) is 0 Å². The molecule has 3 rings (SSSR count). The molecule has 2 bridgehead atoms. The third kappa shape index (κ3) is 2.98. The van der Waals surface area contributed by atoms with Gasteiger partial charge in [0.05, 0.1) is 12.0 Å². The van der Waals surface area contributed by atoms with Crippen molar-refractivity contribution in [3.8, 4) is 0 Å². The van der Waals surface area contributed by atoms with E-state index in [0.29, 0.717) is 23.7 Å². The van der Waals surface area contributed by atoms with Gasteiger partial charge in [0, 0.05) is 25.1 Å². The molecule has 1 aliphatic heterocycles. The second-order valence-electron chi connectivity index (χ2n) is 7.66. The normalized spacial score (nSPS) is 42.5. The van der Waals surface area contributed by atoms with Crippen LogP contribution in [0.1, 0.15) is 46.0 Å². The summed E-state index contributed by atoms with van der Waals surface area (Å²) >= 11 is 0. The minimum absolute atomic E-state index is 0.0609. The molecule has 2 aliphatic carbocycles. The van der Waals surface area contributed by atoms with Crippen LogP contribution >= 0.6 is 0 Å². The Balaban J connectivity index is 1.53. The number of nitrogens with one attached hydrogen (secondary N) is 1. The molecule has 0 aromatic heterocycles. The second-order valence-corrected chi connectivity index (χ2v) is 7.66. The van der Waals surface area contributed by atoms with Gasteiger partial charge in [-0.2, -0.15) is 0 Å². The summed E-state index contributed by atoms with van der Waals surface area (Å²) in [5, 5.41) is 3.20. The lowest BCUT2D eigenvalue weighted by Gasteiger charge is -2.35. The SMILES string of the molecule is CC(C)C1OCCCC1CNC(=O)C1C2CCC(C2)C1N. The number of ether oxygens (including phenoxy) is 1. The fraction of sp³-hybridized carbons (Fsp3) is 0.941. The van der Waals surface area contributed by atoms with Crippen molar-refractivity contribution in [2.45, 2.75) is 58.1 Å². The van der Waals surface area contributed by atoms with E-state index in [2.05, 4.69) is 19.2 Å². The molecule has 6 unspecified atom stereocenters. The molecule has 1 amide bonds. The highest BCUT2D eigenvalue weighted by Gasteiger charge is 2.49. The van der Waals surface area contributed by atoms with Crippen molar-refractivity contribution in [2.75, 3.05) is 13.2 Å². The van der Waals surface area contributed by atoms with Crippen LogP contribution < -0.4 is 11.1 Å². The van der Waals surface area contributed by atoms with Crippen LogP contribution in [-0.2, 0) is 9.53 Å². The van der Waals surface area contributed by atoms with Crippen molar-refractivity contribution >= 4 is 5.91 Å². The van der Waals surface area contributed by atoms with E-state index < -0.39 is 0 Å². The van der Waals surface area contributed by atoms with Gasteiger partial charge in [-0.15, -0.1) is 0 Å². The molecular weight excluding hydrogens is 264 g/mol. The third-order valence-corrected chi connectivity index (χ3v) is 5.97. The molecular formula is C17H30N2O2. The number of rotatable bonds is 4. The van der Waals surface area contributed by atoms with E-state index in [9.17, 15) is 4.79 Å². The van der Waals surface area contributed by atoms with E-state index in [4.69, 9.17) is 10.5 Å². The van der Waals surface area contributed by atoms with E-state index in [1.54, 1.807) is 0 Å². The molecule has 0 radical (unpaired) electrons. The second kappa shape index (κ2) is 6.25. The Kier molecular flexibility index (Phi) is 4.55. The van der Waals surface area contributed by atoms with Crippen molar-refractivity contribution in [3.63, 3.8) is 0 Å². The molecule has 3 aliphatic rings. The minimum Gasteiger partial charge on any atom is -0.378 e. The van der Waals surface area contributed by atoms with Crippen LogP contribution in [0.3, 0.4) is 0 Å². The van der Waals surface area contributed by atoms with Crippen molar-refractivity contribution in [3.05, 3.63) is 0 Å². The third-order valence-electron chi connectivity index (χ3n) is 5.97. The predicted octanol–water partition coefficient (Wildman–Crippen LogP) is 1.93. The van der Waals surface area contributed by atoms with Gasteiger partial charge in [-0.05, 0) is 49.9 Å². The number of hydrogen-bond acceptors (Lipinski definition) is 3. The summed E-state index contributed by atoms with van der Waals surface area (Å²) in [6.07, 6.45) is 6.13. The summed E-state index contributed by atoms with van der Waals surface area (Å²) in [5.74, 6) is 2.35. The summed E-state index contributed by atoms with van der Waals surface area (Å²) in [5.41, 5.74) is 6.26. The molecule has 3 fully saturated rings. The summed E-state index contributed by atoms with van der Waals surface area (Å²) in [6.45, 7) is 6.03. The zero-order chi connectivity index (χ0) is 15.0. The van der Waals surface area contributed by atoms with Gasteiger partial charge in [0.2, 0.25) is 5.91 Å². The van der Waals surface area contributed by atoms with Crippen molar-refractivity contribution in [1.82, 2.24) is 5.32 Å². The fourth-order valence-corrected chi connectivity index (χ4v) is 4.89. The average Bonchev–Trinajstić information content (AvgIpc) is 3.05. The van der Waals surface area contributed by atoms with Crippen molar-refractivity contribution in [1.29, 1.82) is 0 Å². The first-order chi connectivity index (χ1) is 10.1. The first-order valence-corrected chi connectivity index (χ1v) is 8.72. The Labute approximate surface area is 128 Å². The lowest BCUT2D eigenvalue weighted by atomic mass is 9.83. The topological polar surface area (TPSA) is 64.3 Å². The maximum atomic E-state index is 12.5. The lowest BCUT2D eigenvalue weighted by Crippen LogP contribution is -2.48. The zero-order valence-corrected chi connectivity index (χ0v) is 13.4. The van der Waals surface area contributed by atoms with Crippen LogP contribution in [0.4, 0.5) is 0 Å². The Morgan fingerprint density at radius 2 is 2.05 bits per heavy atom. The Hall–Kier alpha value is -0.610. The first kappa shape index (κ1) is 15.3. The Bertz CT molecular complexity index is 383. The average molecular weight is 294 g/mol. The summed E-state index contributed by atoms with van der Waals surface area (Å²) in [7, 11) is 0. The quantitative estimate of drug-likeness (QED) is 0.832. The van der Waals surface area contributed by atoms with Gasteiger partial charge in [-0.3, -0.25) is 4.79 Å². The molecule has 6 atom stereocenters. The minimum atomic E-state index is 0.0609. The molecule has 0 aromatic carbocycles. The standard InChI is InChI=1S/C17H30N2O2/c1-10(2)16-13(4-3-7-21-16)9-19-17(20)14-11-5-6-12(8-11)15(14)18/h10-16H,3-9,18H2,1-2H3,(H,19,20). The fourth-order valence-electron chi connectivity index (χ4n) is 4.89. The summed E-state index contributed by atoms with van der Waals surface area (Å²) in [4.78, 5) is 12.5. The largest absolute Gasteiger partial charge is 0.378 e. The summed E-state index contributed by atoms with van der Waals surface area (Å²) in [6, 6.07) is 0.0900. The van der Waals surface area contributed by atoms with Gasteiger partial charge in [-0.25, -0.2) is 0 Å². The molecule has 2 saturated carbocycles. The van der Waals surface area contributed by atoms with Gasteiger partial charge in [-0.1, -0.05) is 13.8 Å². The molecule has 1 saturated heterocycles. The van der Waals surface area contributed by atoms with E-state index in [-0.39, 0.29) is 24.0 Å². The number of nitrogens with two attached hydrogens (primary N) is 1. The van der Waals surface area contributed by atoms with Crippen LogP contribution in [0.5, 0.6) is 0 Å². The van der Waals surface area contributed by atoms with Crippen LogP contribution in [0.15, 0.2) is 0 Å². The summed E-state index contributed by atoms with van der Waals surface area (Å²) < 4.78 is 5.90. The lowest BCUT2D eigenvalue weighted by molar-refractivity contribution is -0.128. The predicted molar refractivity (Wildman–Crippen MR) is 82.6 cm³/mol. The highest BCUT2D eigenvalue weighted by molar-refractivity contribution is 5.80. The molecule has 1 heterocycles. The van der Waals surface area contributed by atoms with Crippen LogP contribution in [0.25, 0.3) is 0 Å². The van der Waals surface area contributed by atoms with Gasteiger partial charge < -0.3 is 15.8 Å². The smallest absolute Gasteiger partial charge is 0.224 e. The molecule has 3 N–H and O–H groups in total. The molecule has 4 heteroatoms. The van der Waals surface area contributed by atoms with E-state index in [1.165, 1.54) is 19.3 Å². The van der Waals surface area contributed by atoms with Gasteiger partial charge in [0.15, 0.2) is 0 Å². The zero-order valence-electron chi connectivity index (χ0n) is 13.4. The number of fused-ring (bicyclic) bond motifs is 2. The molecule has 0 spiro atoms. The van der Waals surface area contributed by atoms with Gasteiger partial charge >= 0.3 is 0 Å². The van der Waals surface area contributed by atoms with E-state index in [1.807, 2.05) is 0 Å². The maximum Gasteiger partial charge on any atom is 0.224 e. The van der Waals surface area contributed by atoms with Gasteiger partial charge in [0.1, 0.15) is 0 Å². The Morgan fingerprint density at radius 3 is 2.71 bits per heavy atom.